The standard InChI is InChI=1S/C19H21Cl2N5/c1-5-23-26-16(10-11-22)24-18(21)17(14-8-6-7-9-15(14)20)19(26)25(4)12-13(2)3/h5-10,13H,12H2,1-4H3/b16-10+,23-5-. The van der Waals surface area contributed by atoms with Gasteiger partial charge in [-0.3, -0.25) is 0 Å². The van der Waals surface area contributed by atoms with E-state index < -0.39 is 0 Å². The molecule has 0 aliphatic carbocycles. The zero-order chi connectivity index (χ0) is 19.3. The van der Waals surface area contributed by atoms with Gasteiger partial charge in [0, 0.05) is 30.4 Å². The summed E-state index contributed by atoms with van der Waals surface area (Å²) >= 11 is 13.0. The lowest BCUT2D eigenvalue weighted by atomic mass is 10.0. The van der Waals surface area contributed by atoms with E-state index >= 15 is 0 Å². The van der Waals surface area contributed by atoms with Gasteiger partial charge in [0.2, 0.25) is 0 Å². The van der Waals surface area contributed by atoms with Crippen LogP contribution in [0, 0.1) is 17.2 Å². The number of benzene rings is 1. The van der Waals surface area contributed by atoms with Crippen molar-refractivity contribution < 1.29 is 0 Å². The summed E-state index contributed by atoms with van der Waals surface area (Å²) < 4.78 is 0. The first kappa shape index (κ1) is 20.0. The van der Waals surface area contributed by atoms with Gasteiger partial charge in [0.05, 0.1) is 17.7 Å². The van der Waals surface area contributed by atoms with E-state index in [2.05, 4.69) is 28.8 Å². The van der Waals surface area contributed by atoms with Crippen LogP contribution in [0.4, 0.5) is 0 Å². The minimum atomic E-state index is 0.271. The topological polar surface area (TPSA) is 55.0 Å². The van der Waals surface area contributed by atoms with E-state index in [1.165, 1.54) is 6.08 Å². The molecule has 1 aliphatic rings. The molecule has 26 heavy (non-hydrogen) atoms. The Bertz CT molecular complexity index is 831. The summed E-state index contributed by atoms with van der Waals surface area (Å²) in [5.74, 6) is 1.50. The number of hydrogen-bond acceptors (Lipinski definition) is 5. The molecule has 136 valence electrons. The molecule has 7 heteroatoms. The second-order valence-electron chi connectivity index (χ2n) is 6.17. The number of rotatable bonds is 5. The Morgan fingerprint density at radius 3 is 2.62 bits per heavy atom. The van der Waals surface area contributed by atoms with E-state index in [-0.39, 0.29) is 5.17 Å². The zero-order valence-electron chi connectivity index (χ0n) is 15.2. The normalized spacial score (nSPS) is 16.5. The van der Waals surface area contributed by atoms with Crippen molar-refractivity contribution in [3.05, 3.63) is 52.6 Å². The summed E-state index contributed by atoms with van der Waals surface area (Å²) in [6, 6.07) is 9.46. The Hall–Kier alpha value is -2.29. The quantitative estimate of drug-likeness (QED) is 0.530. The van der Waals surface area contributed by atoms with Gasteiger partial charge in [-0.15, -0.1) is 0 Å². The number of nitriles is 1. The van der Waals surface area contributed by atoms with Crippen LogP contribution in [0.25, 0.3) is 5.57 Å². The van der Waals surface area contributed by atoms with E-state index in [1.54, 1.807) is 18.1 Å². The van der Waals surface area contributed by atoms with E-state index in [1.807, 2.05) is 37.4 Å². The second-order valence-corrected chi connectivity index (χ2v) is 6.94. The van der Waals surface area contributed by atoms with Gasteiger partial charge in [0.1, 0.15) is 11.0 Å². The molecule has 1 heterocycles. The van der Waals surface area contributed by atoms with E-state index in [0.29, 0.717) is 22.3 Å². The zero-order valence-corrected chi connectivity index (χ0v) is 16.8. The highest BCUT2D eigenvalue weighted by atomic mass is 35.5. The first-order valence-electron chi connectivity index (χ1n) is 8.24. The monoisotopic (exact) mass is 389 g/mol. The summed E-state index contributed by atoms with van der Waals surface area (Å²) in [6.45, 7) is 6.83. The van der Waals surface area contributed by atoms with Crippen molar-refractivity contribution in [2.24, 2.45) is 16.0 Å². The molecule has 0 N–H and O–H groups in total. The predicted molar refractivity (Wildman–Crippen MR) is 109 cm³/mol. The molecule has 1 aromatic carbocycles. The van der Waals surface area contributed by atoms with E-state index in [0.717, 1.165) is 17.9 Å². The number of nitrogens with zero attached hydrogens (tertiary/aromatic N) is 5. The van der Waals surface area contributed by atoms with Gasteiger partial charge in [0.25, 0.3) is 0 Å². The smallest absolute Gasteiger partial charge is 0.167 e. The summed E-state index contributed by atoms with van der Waals surface area (Å²) in [5, 5.41) is 16.0. The number of hydrazone groups is 1. The average molecular weight is 390 g/mol. The minimum absolute atomic E-state index is 0.271. The number of halogens is 2. The molecular weight excluding hydrogens is 369 g/mol. The molecule has 2 rings (SSSR count). The van der Waals surface area contributed by atoms with Gasteiger partial charge in [0.15, 0.2) is 5.82 Å². The Balaban J connectivity index is 2.79. The lowest BCUT2D eigenvalue weighted by Gasteiger charge is -2.35. The Labute approximate surface area is 164 Å². The molecule has 0 saturated heterocycles. The van der Waals surface area contributed by atoms with Crippen molar-refractivity contribution in [3.63, 3.8) is 0 Å². The maximum Gasteiger partial charge on any atom is 0.167 e. The fraction of sp³-hybridized carbons (Fsp3) is 0.316. The molecule has 0 amide bonds. The van der Waals surface area contributed by atoms with Crippen molar-refractivity contribution in [1.29, 1.82) is 5.26 Å². The molecule has 0 unspecified atom stereocenters. The predicted octanol–water partition coefficient (Wildman–Crippen LogP) is 4.92. The Morgan fingerprint density at radius 2 is 2.04 bits per heavy atom. The lowest BCUT2D eigenvalue weighted by molar-refractivity contribution is 0.260. The van der Waals surface area contributed by atoms with E-state index in [9.17, 15) is 0 Å². The van der Waals surface area contributed by atoms with Crippen molar-refractivity contribution in [2.45, 2.75) is 20.8 Å². The van der Waals surface area contributed by atoms with Crippen LogP contribution in [0.2, 0.25) is 5.02 Å². The third kappa shape index (κ3) is 4.27. The molecule has 0 bridgehead atoms. The molecule has 1 aliphatic heterocycles. The van der Waals surface area contributed by atoms with Crippen molar-refractivity contribution >= 4 is 40.2 Å². The Kier molecular flexibility index (Phi) is 6.84. The first-order valence-corrected chi connectivity index (χ1v) is 8.99. The van der Waals surface area contributed by atoms with Gasteiger partial charge < -0.3 is 4.90 Å². The van der Waals surface area contributed by atoms with Crippen LogP contribution in [0.1, 0.15) is 26.3 Å². The van der Waals surface area contributed by atoms with Crippen LogP contribution < -0.4 is 0 Å². The third-order valence-corrected chi connectivity index (χ3v) is 4.23. The summed E-state index contributed by atoms with van der Waals surface area (Å²) in [5.41, 5.74) is 1.45. The van der Waals surface area contributed by atoms with Crippen LogP contribution in [-0.2, 0) is 0 Å². The van der Waals surface area contributed by atoms with Crippen molar-refractivity contribution in [1.82, 2.24) is 9.91 Å². The van der Waals surface area contributed by atoms with Crippen LogP contribution in [0.15, 0.2) is 52.1 Å². The Morgan fingerprint density at radius 1 is 1.35 bits per heavy atom. The molecule has 0 saturated carbocycles. The largest absolute Gasteiger partial charge is 0.359 e. The number of aliphatic imine (C=N–C) groups is 1. The molecule has 0 atom stereocenters. The van der Waals surface area contributed by atoms with Gasteiger partial charge in [-0.1, -0.05) is 55.2 Å². The fourth-order valence-corrected chi connectivity index (χ4v) is 3.28. The van der Waals surface area contributed by atoms with Crippen LogP contribution in [-0.4, -0.2) is 34.9 Å². The summed E-state index contributed by atoms with van der Waals surface area (Å²) in [4.78, 5) is 6.43. The van der Waals surface area contributed by atoms with Crippen molar-refractivity contribution in [3.8, 4) is 6.07 Å². The fourth-order valence-electron chi connectivity index (χ4n) is 2.77. The number of hydrogen-bond donors (Lipinski definition) is 0. The highest BCUT2D eigenvalue weighted by Gasteiger charge is 2.31. The molecule has 0 spiro atoms. The highest BCUT2D eigenvalue weighted by molar-refractivity contribution is 6.76. The molecule has 0 aromatic heterocycles. The van der Waals surface area contributed by atoms with Crippen LogP contribution in [0.3, 0.4) is 0 Å². The van der Waals surface area contributed by atoms with E-state index in [4.69, 9.17) is 28.5 Å². The van der Waals surface area contributed by atoms with Gasteiger partial charge in [-0.2, -0.15) is 15.4 Å². The maximum atomic E-state index is 9.12. The summed E-state index contributed by atoms with van der Waals surface area (Å²) in [7, 11) is 1.96. The minimum Gasteiger partial charge on any atom is -0.359 e. The van der Waals surface area contributed by atoms with Gasteiger partial charge >= 0.3 is 0 Å². The first-order chi connectivity index (χ1) is 12.4. The van der Waals surface area contributed by atoms with Crippen LogP contribution >= 0.6 is 23.2 Å². The van der Waals surface area contributed by atoms with Crippen LogP contribution in [0.5, 0.6) is 0 Å². The lowest BCUT2D eigenvalue weighted by Crippen LogP contribution is -2.36. The highest BCUT2D eigenvalue weighted by Crippen LogP contribution is 2.37. The SMILES string of the molecule is C/C=N\N1C(N(C)CC(C)C)=C(c2ccccc2Cl)C(Cl)=N/C1=C\C#N. The third-order valence-electron chi connectivity index (χ3n) is 3.63. The molecule has 0 fully saturated rings. The maximum absolute atomic E-state index is 9.12. The molecule has 1 aromatic rings. The summed E-state index contributed by atoms with van der Waals surface area (Å²) in [6.07, 6.45) is 2.97. The molecule has 0 radical (unpaired) electrons. The second kappa shape index (κ2) is 8.88. The number of allylic oxidation sites excluding steroid dienone is 2. The van der Waals surface area contributed by atoms with Gasteiger partial charge in [-0.25, -0.2) is 4.99 Å². The van der Waals surface area contributed by atoms with Gasteiger partial charge in [-0.05, 0) is 18.9 Å². The average Bonchev–Trinajstić information content (AvgIpc) is 2.57. The molecular formula is C19H21Cl2N5. The van der Waals surface area contributed by atoms with Crippen molar-refractivity contribution in [2.75, 3.05) is 13.6 Å². The molecule has 5 nitrogen and oxygen atoms in total.